The predicted octanol–water partition coefficient (Wildman–Crippen LogP) is 6.75. The number of hydrogen-bond acceptors (Lipinski definition) is 4. The molecule has 0 amide bonds. The third-order valence-corrected chi connectivity index (χ3v) is 6.98. The molecule has 1 aliphatic heterocycles. The van der Waals surface area contributed by atoms with E-state index in [1.54, 1.807) is 48.3 Å². The molecule has 0 radical (unpaired) electrons. The van der Waals surface area contributed by atoms with Crippen molar-refractivity contribution in [1.82, 2.24) is 14.9 Å². The third kappa shape index (κ3) is 5.59. The van der Waals surface area contributed by atoms with Crippen LogP contribution in [-0.2, 0) is 10.9 Å². The molecule has 1 N–H and O–H groups in total. The van der Waals surface area contributed by atoms with Crippen molar-refractivity contribution >= 4 is 34.6 Å². The lowest BCUT2D eigenvalue weighted by Gasteiger charge is -2.29. The van der Waals surface area contributed by atoms with E-state index in [0.29, 0.717) is 46.2 Å². The molecule has 202 valence electrons. The fourth-order valence-corrected chi connectivity index (χ4v) is 5.20. The van der Waals surface area contributed by atoms with E-state index in [-0.39, 0.29) is 0 Å². The average Bonchev–Trinajstić information content (AvgIpc) is 3.54. The van der Waals surface area contributed by atoms with Gasteiger partial charge in [0, 0.05) is 36.6 Å². The van der Waals surface area contributed by atoms with Gasteiger partial charge in [0.2, 0.25) is 0 Å². The summed E-state index contributed by atoms with van der Waals surface area (Å²) in [6, 6.07) is 19.0. The fraction of sp³-hybridized carbons (Fsp3) is 0.214. The van der Waals surface area contributed by atoms with Crippen molar-refractivity contribution in [3.63, 3.8) is 0 Å². The van der Waals surface area contributed by atoms with Crippen molar-refractivity contribution in [2.75, 3.05) is 25.2 Å². The highest BCUT2D eigenvalue weighted by molar-refractivity contribution is 7.80. The number of rotatable bonds is 8. The Balaban J connectivity index is 1.59. The first-order chi connectivity index (χ1) is 18.8. The van der Waals surface area contributed by atoms with Crippen molar-refractivity contribution in [2.24, 2.45) is 0 Å². The number of nitrogens with zero attached hydrogens (tertiary/aromatic N) is 3. The standard InChI is InChI=1S/C28H24ClF3N4O2S/c1-37-14-15-38-24-11-10-20(17-21(24)29)36-26(25(34-27(36)39)22-8-2-3-12-33-22)23-9-5-13-35(23)19-7-4-6-18(16-19)28(30,31)32/h2-13,16-17,25-26H,14-15H2,1H3,(H,34,39)/t25-,26+/m0/s1. The Morgan fingerprint density at radius 3 is 2.56 bits per heavy atom. The van der Waals surface area contributed by atoms with Crippen LogP contribution in [0.3, 0.4) is 0 Å². The second kappa shape index (κ2) is 11.3. The van der Waals surface area contributed by atoms with Gasteiger partial charge in [0.05, 0.1) is 28.9 Å². The molecular formula is C28H24ClF3N4O2S. The zero-order chi connectivity index (χ0) is 27.6. The molecule has 2 aromatic heterocycles. The molecule has 0 bridgehead atoms. The Kier molecular flexibility index (Phi) is 7.79. The second-order valence-electron chi connectivity index (χ2n) is 8.80. The number of pyridine rings is 1. The van der Waals surface area contributed by atoms with Gasteiger partial charge in [-0.3, -0.25) is 4.98 Å². The summed E-state index contributed by atoms with van der Waals surface area (Å²) in [6.45, 7) is 0.757. The van der Waals surface area contributed by atoms with Crippen LogP contribution in [0.2, 0.25) is 5.02 Å². The van der Waals surface area contributed by atoms with Crippen LogP contribution in [0.1, 0.15) is 29.0 Å². The number of benzene rings is 2. The topological polar surface area (TPSA) is 51.6 Å². The Hall–Kier alpha value is -3.60. The average molecular weight is 573 g/mol. The highest BCUT2D eigenvalue weighted by Gasteiger charge is 2.42. The van der Waals surface area contributed by atoms with E-state index in [2.05, 4.69) is 10.3 Å². The third-order valence-electron chi connectivity index (χ3n) is 6.37. The number of aromatic nitrogens is 2. The molecule has 2 aromatic carbocycles. The van der Waals surface area contributed by atoms with E-state index in [1.165, 1.54) is 6.07 Å². The molecule has 0 saturated carbocycles. The number of ether oxygens (including phenoxy) is 2. The van der Waals surface area contributed by atoms with E-state index >= 15 is 0 Å². The molecule has 1 fully saturated rings. The van der Waals surface area contributed by atoms with Crippen LogP contribution in [0.4, 0.5) is 18.9 Å². The van der Waals surface area contributed by atoms with Crippen molar-refractivity contribution < 1.29 is 22.6 Å². The Morgan fingerprint density at radius 1 is 1.00 bits per heavy atom. The summed E-state index contributed by atoms with van der Waals surface area (Å²) in [5, 5.41) is 4.17. The minimum atomic E-state index is -4.47. The first kappa shape index (κ1) is 27.0. The van der Waals surface area contributed by atoms with Gasteiger partial charge >= 0.3 is 6.18 Å². The van der Waals surface area contributed by atoms with Crippen molar-refractivity contribution in [3.05, 3.63) is 107 Å². The summed E-state index contributed by atoms with van der Waals surface area (Å²) in [6.07, 6.45) is -1.04. The maximum Gasteiger partial charge on any atom is 0.416 e. The van der Waals surface area contributed by atoms with Gasteiger partial charge in [-0.25, -0.2) is 0 Å². The molecule has 3 heterocycles. The first-order valence-corrected chi connectivity index (χ1v) is 12.8. The Bertz CT molecular complexity index is 1460. The zero-order valence-electron chi connectivity index (χ0n) is 20.7. The van der Waals surface area contributed by atoms with E-state index in [1.807, 2.05) is 35.2 Å². The molecule has 6 nitrogen and oxygen atoms in total. The van der Waals surface area contributed by atoms with E-state index in [4.69, 9.17) is 33.3 Å². The largest absolute Gasteiger partial charge is 0.490 e. The summed E-state index contributed by atoms with van der Waals surface area (Å²) in [5.41, 5.74) is 1.79. The van der Waals surface area contributed by atoms with Gasteiger partial charge in [-0.05, 0) is 72.9 Å². The predicted molar refractivity (Wildman–Crippen MR) is 148 cm³/mol. The van der Waals surface area contributed by atoms with Gasteiger partial charge < -0.3 is 24.3 Å². The zero-order valence-corrected chi connectivity index (χ0v) is 22.3. The molecule has 11 heteroatoms. The molecule has 1 saturated heterocycles. The van der Waals surface area contributed by atoms with Crippen molar-refractivity contribution in [2.45, 2.75) is 18.3 Å². The number of alkyl halides is 3. The van der Waals surface area contributed by atoms with Crippen molar-refractivity contribution in [3.8, 4) is 11.4 Å². The summed E-state index contributed by atoms with van der Waals surface area (Å²) in [5.74, 6) is 0.501. The summed E-state index contributed by atoms with van der Waals surface area (Å²) in [4.78, 5) is 6.44. The molecule has 4 aromatic rings. The summed E-state index contributed by atoms with van der Waals surface area (Å²) < 4.78 is 53.0. The first-order valence-electron chi connectivity index (χ1n) is 12.0. The molecule has 0 aliphatic carbocycles. The lowest BCUT2D eigenvalue weighted by atomic mass is 10.0. The molecule has 1 aliphatic rings. The van der Waals surface area contributed by atoms with Crippen LogP contribution >= 0.6 is 23.8 Å². The molecule has 0 spiro atoms. The van der Waals surface area contributed by atoms with E-state index in [0.717, 1.165) is 17.8 Å². The molecule has 5 rings (SSSR count). The molecular weight excluding hydrogens is 549 g/mol. The normalized spacial score (nSPS) is 17.4. The minimum absolute atomic E-state index is 0.341. The summed E-state index contributed by atoms with van der Waals surface area (Å²) in [7, 11) is 1.59. The Morgan fingerprint density at radius 2 is 1.85 bits per heavy atom. The number of anilines is 1. The molecule has 2 atom stereocenters. The smallest absolute Gasteiger partial charge is 0.416 e. The highest BCUT2D eigenvalue weighted by atomic mass is 35.5. The number of halogens is 4. The van der Waals surface area contributed by atoms with Gasteiger partial charge in [0.1, 0.15) is 18.4 Å². The number of nitrogens with one attached hydrogen (secondary N) is 1. The maximum absolute atomic E-state index is 13.5. The van der Waals surface area contributed by atoms with Gasteiger partial charge in [0.25, 0.3) is 0 Å². The summed E-state index contributed by atoms with van der Waals surface area (Å²) >= 11 is 12.3. The lowest BCUT2D eigenvalue weighted by Crippen LogP contribution is -2.30. The molecule has 39 heavy (non-hydrogen) atoms. The minimum Gasteiger partial charge on any atom is -0.490 e. The highest BCUT2D eigenvalue weighted by Crippen LogP contribution is 2.44. The van der Waals surface area contributed by atoms with Gasteiger partial charge in [-0.1, -0.05) is 23.7 Å². The van der Waals surface area contributed by atoms with Crippen LogP contribution in [0.15, 0.2) is 85.2 Å². The number of hydrogen-bond donors (Lipinski definition) is 1. The number of methoxy groups -OCH3 is 1. The monoisotopic (exact) mass is 572 g/mol. The Labute approximate surface area is 233 Å². The van der Waals surface area contributed by atoms with E-state index < -0.39 is 23.8 Å². The van der Waals surface area contributed by atoms with Crippen LogP contribution in [-0.4, -0.2) is 35.0 Å². The van der Waals surface area contributed by atoms with Gasteiger partial charge in [0.15, 0.2) is 5.11 Å². The lowest BCUT2D eigenvalue weighted by molar-refractivity contribution is -0.137. The SMILES string of the molecule is COCCOc1ccc(N2C(=S)N[C@@H](c3ccccn3)[C@H]2c2cccn2-c2cccc(C(F)(F)F)c2)cc1Cl. The van der Waals surface area contributed by atoms with Crippen LogP contribution in [0.5, 0.6) is 5.75 Å². The molecule has 0 unspecified atom stereocenters. The van der Waals surface area contributed by atoms with Gasteiger partial charge in [-0.2, -0.15) is 13.2 Å². The fourth-order valence-electron chi connectivity index (χ4n) is 4.63. The van der Waals surface area contributed by atoms with Crippen LogP contribution < -0.4 is 15.0 Å². The maximum atomic E-state index is 13.5. The van der Waals surface area contributed by atoms with Crippen LogP contribution in [0, 0.1) is 0 Å². The van der Waals surface area contributed by atoms with Gasteiger partial charge in [-0.15, -0.1) is 0 Å². The quantitative estimate of drug-likeness (QED) is 0.186. The van der Waals surface area contributed by atoms with E-state index in [9.17, 15) is 13.2 Å². The van der Waals surface area contributed by atoms with Crippen LogP contribution in [0.25, 0.3) is 5.69 Å². The second-order valence-corrected chi connectivity index (χ2v) is 9.60. The van der Waals surface area contributed by atoms with Crippen molar-refractivity contribution in [1.29, 1.82) is 0 Å². The number of thiocarbonyl (C=S) groups is 1.